The highest BCUT2D eigenvalue weighted by Gasteiger charge is 2.22. The predicted octanol–water partition coefficient (Wildman–Crippen LogP) is 15.5. The highest BCUT2D eigenvalue weighted by Crippen LogP contribution is 2.39. The van der Waals surface area contributed by atoms with Gasteiger partial charge in [0.2, 0.25) is 0 Å². The Hall–Kier alpha value is -8.02. The van der Waals surface area contributed by atoms with Gasteiger partial charge in [-0.2, -0.15) is 0 Å². The van der Waals surface area contributed by atoms with Crippen molar-refractivity contribution in [1.29, 1.82) is 0 Å². The zero-order valence-electron chi connectivity index (χ0n) is 45.0. The number of rotatable bonds is 10. The SMILES string of the molecule is [2H]c1c([2H])c([2H])c(-c2cccc(-c3cccc(C([2H])([2H])C(C)C)c3)c2-[n+]2[c-]n(-c3cccc(Oc4ccc5c6cc(-c7ccccc7)ccc6n(-c6cc(C(C)(C)C)ccn6)c5c4)c3)c3ccccc32)c([2H])c1[2H]. The van der Waals surface area contributed by atoms with Crippen LogP contribution in [0.25, 0.3) is 83.4 Å². The molecule has 5 heteroatoms. The Morgan fingerprint density at radius 1 is 0.627 bits per heavy atom. The molecule has 0 aliphatic rings. The number of fused-ring (bicyclic) bond motifs is 4. The Balaban J connectivity index is 1.06. The van der Waals surface area contributed by atoms with E-state index in [2.05, 4.69) is 98.4 Å². The fraction of sp³-hybridized carbons (Fsp3) is 0.129. The first-order valence-electron chi connectivity index (χ1n) is 26.1. The van der Waals surface area contributed by atoms with E-state index in [9.17, 15) is 0 Å². The van der Waals surface area contributed by atoms with E-state index in [-0.39, 0.29) is 29.0 Å². The number of para-hydroxylation sites is 3. The number of hydrogen-bond donors (Lipinski definition) is 0. The van der Waals surface area contributed by atoms with E-state index in [0.717, 1.165) is 55.5 Å². The fourth-order valence-corrected chi connectivity index (χ4v) is 9.08. The Morgan fingerprint density at radius 2 is 1.37 bits per heavy atom. The predicted molar refractivity (Wildman–Crippen MR) is 276 cm³/mol. The number of hydrogen-bond acceptors (Lipinski definition) is 2. The van der Waals surface area contributed by atoms with Crippen molar-refractivity contribution in [3.8, 4) is 62.1 Å². The molecule has 67 heavy (non-hydrogen) atoms. The molecule has 8 aromatic carbocycles. The van der Waals surface area contributed by atoms with E-state index < -0.39 is 24.5 Å². The van der Waals surface area contributed by atoms with Crippen molar-refractivity contribution in [3.05, 3.63) is 224 Å². The first-order valence-corrected chi connectivity index (χ1v) is 22.6. The van der Waals surface area contributed by atoms with Crippen LogP contribution in [0.5, 0.6) is 11.5 Å². The van der Waals surface area contributed by atoms with Gasteiger partial charge in [0, 0.05) is 25.8 Å². The molecule has 5 nitrogen and oxygen atoms in total. The molecule has 11 rings (SSSR count). The topological polar surface area (TPSA) is 35.9 Å². The van der Waals surface area contributed by atoms with E-state index in [1.54, 1.807) is 18.2 Å². The summed E-state index contributed by atoms with van der Waals surface area (Å²) in [5, 5.41) is 2.16. The first-order chi connectivity index (χ1) is 35.5. The second-order valence-electron chi connectivity index (χ2n) is 18.2. The molecule has 0 saturated heterocycles. The van der Waals surface area contributed by atoms with E-state index in [1.807, 2.05) is 114 Å². The molecule has 0 atom stereocenters. The highest BCUT2D eigenvalue weighted by molar-refractivity contribution is 6.10. The lowest BCUT2D eigenvalue weighted by molar-refractivity contribution is -0.571. The molecule has 0 spiro atoms. The molecule has 0 amide bonds. The summed E-state index contributed by atoms with van der Waals surface area (Å²) in [6.07, 6.45) is 3.85. The zero-order chi connectivity index (χ0) is 51.8. The molecule has 0 N–H and O–H groups in total. The summed E-state index contributed by atoms with van der Waals surface area (Å²) >= 11 is 0. The van der Waals surface area contributed by atoms with Crippen molar-refractivity contribution in [3.63, 3.8) is 0 Å². The molecular weight excluding hydrogens is 817 g/mol. The summed E-state index contributed by atoms with van der Waals surface area (Å²) in [6.45, 7) is 10.3. The van der Waals surface area contributed by atoms with Gasteiger partial charge < -0.3 is 4.74 Å². The normalized spacial score (nSPS) is 13.6. The maximum Gasteiger partial charge on any atom is 0.269 e. The third-order valence-corrected chi connectivity index (χ3v) is 12.2. The molecule has 0 aliphatic heterocycles. The smallest absolute Gasteiger partial charge is 0.269 e. The van der Waals surface area contributed by atoms with Crippen LogP contribution >= 0.6 is 0 Å². The number of pyridine rings is 1. The number of nitrogens with zero attached hydrogens (tertiary/aromatic N) is 4. The van der Waals surface area contributed by atoms with Crippen LogP contribution in [0, 0.1) is 12.2 Å². The van der Waals surface area contributed by atoms with Gasteiger partial charge >= 0.3 is 0 Å². The van der Waals surface area contributed by atoms with Crippen LogP contribution in [-0.4, -0.2) is 14.1 Å². The average molecular weight is 876 g/mol. The Labute approximate surface area is 402 Å². The van der Waals surface area contributed by atoms with Crippen molar-refractivity contribution in [2.24, 2.45) is 5.92 Å². The molecule has 0 fully saturated rings. The minimum Gasteiger partial charge on any atom is -0.458 e. The fourth-order valence-electron chi connectivity index (χ4n) is 9.08. The second kappa shape index (κ2) is 17.1. The van der Waals surface area contributed by atoms with Crippen molar-refractivity contribution < 1.29 is 18.9 Å². The lowest BCUT2D eigenvalue weighted by atomic mass is 9.88. The standard InChI is InChI=1S/C62H52N4O/c1-42(2)35-43-17-14-22-47(36-43)53-26-16-25-52(45-20-10-7-11-21-45)61(53)65-41-64(57-27-12-13-28-58(57)65)49-23-15-24-50(39-49)67-51-30-31-54-55-37-46(44-18-8-6-9-19-44)29-32-56(55)66(59(54)40-51)60-38-48(33-34-63-60)62(3,4)5/h6-34,36-40,42H,35H2,1-5H3/i7D,10D,11D,20D,21D,35D2. The lowest BCUT2D eigenvalue weighted by Crippen LogP contribution is -2.31. The molecule has 0 saturated carbocycles. The van der Waals surface area contributed by atoms with Crippen LogP contribution in [0.1, 0.15) is 55.3 Å². The quantitative estimate of drug-likeness (QED) is 0.101. The summed E-state index contributed by atoms with van der Waals surface area (Å²) in [5.74, 6) is 1.71. The third kappa shape index (κ3) is 7.97. The molecule has 0 bridgehead atoms. The van der Waals surface area contributed by atoms with Gasteiger partial charge in [0.15, 0.2) is 0 Å². The van der Waals surface area contributed by atoms with Crippen molar-refractivity contribution in [2.45, 2.75) is 46.4 Å². The molecule has 11 aromatic rings. The minimum absolute atomic E-state index is 0.0416. The van der Waals surface area contributed by atoms with Gasteiger partial charge in [-0.1, -0.05) is 174 Å². The molecule has 326 valence electrons. The van der Waals surface area contributed by atoms with E-state index in [1.165, 1.54) is 5.56 Å². The van der Waals surface area contributed by atoms with Crippen LogP contribution in [0.15, 0.2) is 206 Å². The van der Waals surface area contributed by atoms with Gasteiger partial charge in [-0.15, -0.1) is 0 Å². The van der Waals surface area contributed by atoms with Crippen molar-refractivity contribution in [1.82, 2.24) is 14.1 Å². The van der Waals surface area contributed by atoms with Crippen molar-refractivity contribution >= 4 is 32.8 Å². The molecule has 3 aromatic heterocycles. The van der Waals surface area contributed by atoms with Gasteiger partial charge in [-0.05, 0) is 117 Å². The minimum atomic E-state index is -1.64. The van der Waals surface area contributed by atoms with E-state index in [4.69, 9.17) is 19.3 Å². The second-order valence-corrected chi connectivity index (χ2v) is 18.2. The molecule has 3 heterocycles. The summed E-state index contributed by atoms with van der Waals surface area (Å²) in [6, 6.07) is 53.8. The van der Waals surface area contributed by atoms with Gasteiger partial charge in [0.25, 0.3) is 6.33 Å². The van der Waals surface area contributed by atoms with Crippen LogP contribution in [0.4, 0.5) is 0 Å². The van der Waals surface area contributed by atoms with Crippen molar-refractivity contribution in [2.75, 3.05) is 0 Å². The van der Waals surface area contributed by atoms with Crippen LogP contribution < -0.4 is 9.30 Å². The molecular formula is C62H52N4O. The number of benzene rings is 8. The summed E-state index contributed by atoms with van der Waals surface area (Å²) in [4.78, 5) is 4.92. The van der Waals surface area contributed by atoms with Gasteiger partial charge in [0.05, 0.1) is 40.3 Å². The van der Waals surface area contributed by atoms with Gasteiger partial charge in [-0.25, -0.2) is 4.98 Å². The van der Waals surface area contributed by atoms with Crippen LogP contribution in [-0.2, 0) is 11.8 Å². The monoisotopic (exact) mass is 875 g/mol. The molecule has 0 aliphatic carbocycles. The summed E-state index contributed by atoms with van der Waals surface area (Å²) in [5.41, 5.74) is 10.3. The first kappa shape index (κ1) is 34.3. The van der Waals surface area contributed by atoms with Gasteiger partial charge in [-0.3, -0.25) is 13.7 Å². The van der Waals surface area contributed by atoms with Crippen LogP contribution in [0.3, 0.4) is 0 Å². The number of ether oxygens (including phenoxy) is 1. The number of imidazole rings is 1. The summed E-state index contributed by atoms with van der Waals surface area (Å²) in [7, 11) is 0. The average Bonchev–Trinajstić information content (AvgIpc) is 3.95. The Kier molecular flexibility index (Phi) is 8.76. The third-order valence-electron chi connectivity index (χ3n) is 12.2. The maximum atomic E-state index is 9.12. The number of aromatic nitrogens is 4. The Bertz CT molecular complexity index is 3970. The van der Waals surface area contributed by atoms with E-state index in [0.29, 0.717) is 39.4 Å². The highest BCUT2D eigenvalue weighted by atomic mass is 16.5. The van der Waals surface area contributed by atoms with E-state index >= 15 is 0 Å². The zero-order valence-corrected chi connectivity index (χ0v) is 38.0. The van der Waals surface area contributed by atoms with Crippen LogP contribution in [0.2, 0.25) is 0 Å². The molecule has 0 unspecified atom stereocenters. The molecule has 0 radical (unpaired) electrons. The lowest BCUT2D eigenvalue weighted by Gasteiger charge is -2.20. The van der Waals surface area contributed by atoms with Gasteiger partial charge in [0.1, 0.15) is 17.3 Å². The summed E-state index contributed by atoms with van der Waals surface area (Å²) < 4.78 is 74.7. The largest absolute Gasteiger partial charge is 0.458 e. The Morgan fingerprint density at radius 3 is 2.19 bits per heavy atom. The maximum absolute atomic E-state index is 9.12.